The standard InChI is InChI=1S/C22H28O2S/c1-5-22(3,4)17(2)21(23)25-16-15-24-20-14-10-9-13-19(20)18-11-7-6-8-12-18/h6-14,17H,5,15-16H2,1-4H3. The number of carbonyl (C=O) groups is 1. The predicted molar refractivity (Wildman–Crippen MR) is 108 cm³/mol. The fourth-order valence-electron chi connectivity index (χ4n) is 2.49. The molecule has 0 bridgehead atoms. The molecule has 0 fully saturated rings. The van der Waals surface area contributed by atoms with Crippen molar-refractivity contribution in [2.45, 2.75) is 34.1 Å². The Bertz CT molecular complexity index is 679. The van der Waals surface area contributed by atoms with Gasteiger partial charge in [0.05, 0.1) is 6.61 Å². The fraction of sp³-hybridized carbons (Fsp3) is 0.409. The number of para-hydroxylation sites is 1. The van der Waals surface area contributed by atoms with Gasteiger partial charge in [-0.2, -0.15) is 0 Å². The Morgan fingerprint density at radius 1 is 1.08 bits per heavy atom. The van der Waals surface area contributed by atoms with Crippen LogP contribution >= 0.6 is 11.8 Å². The summed E-state index contributed by atoms with van der Waals surface area (Å²) in [6.45, 7) is 9.01. The Balaban J connectivity index is 1.90. The first-order valence-corrected chi connectivity index (χ1v) is 9.88. The molecule has 0 saturated carbocycles. The van der Waals surface area contributed by atoms with Crippen molar-refractivity contribution >= 4 is 16.9 Å². The quantitative estimate of drug-likeness (QED) is 0.537. The molecule has 25 heavy (non-hydrogen) atoms. The van der Waals surface area contributed by atoms with Crippen molar-refractivity contribution in [2.75, 3.05) is 12.4 Å². The number of ether oxygens (including phenoxy) is 1. The second-order valence-corrected chi connectivity index (χ2v) is 8.04. The van der Waals surface area contributed by atoms with Gasteiger partial charge >= 0.3 is 0 Å². The minimum atomic E-state index is 0.0465. The SMILES string of the molecule is CCC(C)(C)C(C)C(=O)SCCOc1ccccc1-c1ccccc1. The van der Waals surface area contributed by atoms with E-state index in [1.807, 2.05) is 43.3 Å². The summed E-state index contributed by atoms with van der Waals surface area (Å²) in [6, 6.07) is 18.3. The molecule has 0 heterocycles. The van der Waals surface area contributed by atoms with Crippen molar-refractivity contribution in [3.63, 3.8) is 0 Å². The average molecular weight is 357 g/mol. The van der Waals surface area contributed by atoms with E-state index in [1.54, 1.807) is 0 Å². The molecule has 0 amide bonds. The summed E-state index contributed by atoms with van der Waals surface area (Å²) in [5.74, 6) is 1.59. The molecule has 0 aliphatic rings. The van der Waals surface area contributed by atoms with Crippen molar-refractivity contribution in [3.8, 4) is 16.9 Å². The fourth-order valence-corrected chi connectivity index (χ4v) is 3.43. The monoisotopic (exact) mass is 356 g/mol. The highest BCUT2D eigenvalue weighted by Gasteiger charge is 2.29. The maximum atomic E-state index is 12.4. The van der Waals surface area contributed by atoms with Crippen LogP contribution in [0.2, 0.25) is 0 Å². The maximum Gasteiger partial charge on any atom is 0.192 e. The first-order chi connectivity index (χ1) is 12.0. The molecule has 134 valence electrons. The summed E-state index contributed by atoms with van der Waals surface area (Å²) >= 11 is 1.38. The zero-order valence-corrected chi connectivity index (χ0v) is 16.4. The van der Waals surface area contributed by atoms with Gasteiger partial charge in [0.25, 0.3) is 0 Å². The Labute approximate surface area is 156 Å². The lowest BCUT2D eigenvalue weighted by atomic mass is 9.78. The molecular formula is C22H28O2S. The van der Waals surface area contributed by atoms with Crippen LogP contribution in [0.15, 0.2) is 54.6 Å². The molecule has 3 heteroatoms. The Morgan fingerprint density at radius 2 is 1.72 bits per heavy atom. The molecule has 0 radical (unpaired) electrons. The Kier molecular flexibility index (Phi) is 7.12. The number of rotatable bonds is 8. The zero-order valence-electron chi connectivity index (χ0n) is 15.6. The molecule has 2 rings (SSSR count). The first-order valence-electron chi connectivity index (χ1n) is 8.89. The summed E-state index contributed by atoms with van der Waals surface area (Å²) < 4.78 is 5.96. The van der Waals surface area contributed by atoms with Crippen molar-refractivity contribution < 1.29 is 9.53 Å². The average Bonchev–Trinajstić information content (AvgIpc) is 2.65. The Morgan fingerprint density at radius 3 is 2.40 bits per heavy atom. The normalized spacial score (nSPS) is 12.6. The number of hydrogen-bond acceptors (Lipinski definition) is 3. The number of thioether (sulfide) groups is 1. The molecule has 0 aromatic heterocycles. The van der Waals surface area contributed by atoms with E-state index in [1.165, 1.54) is 11.8 Å². The Hall–Kier alpha value is -1.74. The minimum absolute atomic E-state index is 0.0465. The summed E-state index contributed by atoms with van der Waals surface area (Å²) in [7, 11) is 0. The van der Waals surface area contributed by atoms with Crippen LogP contribution in [0.1, 0.15) is 34.1 Å². The molecule has 0 aliphatic heterocycles. The molecule has 0 aliphatic carbocycles. The van der Waals surface area contributed by atoms with E-state index in [9.17, 15) is 4.79 Å². The highest BCUT2D eigenvalue weighted by molar-refractivity contribution is 8.13. The predicted octanol–water partition coefficient (Wildman–Crippen LogP) is 6.06. The van der Waals surface area contributed by atoms with Crippen LogP contribution in [0.4, 0.5) is 0 Å². The first kappa shape index (κ1) is 19.6. The topological polar surface area (TPSA) is 26.3 Å². The molecule has 2 aromatic carbocycles. The second kappa shape index (κ2) is 9.10. The van der Waals surface area contributed by atoms with Gasteiger partial charge in [0.1, 0.15) is 5.75 Å². The van der Waals surface area contributed by atoms with E-state index in [-0.39, 0.29) is 16.4 Å². The highest BCUT2D eigenvalue weighted by atomic mass is 32.2. The van der Waals surface area contributed by atoms with Crippen LogP contribution in [0.25, 0.3) is 11.1 Å². The van der Waals surface area contributed by atoms with E-state index in [4.69, 9.17) is 4.74 Å². The maximum absolute atomic E-state index is 12.4. The molecular weight excluding hydrogens is 328 g/mol. The number of carbonyl (C=O) groups excluding carboxylic acids is 1. The number of hydrogen-bond donors (Lipinski definition) is 0. The minimum Gasteiger partial charge on any atom is -0.492 e. The van der Waals surface area contributed by atoms with Crippen LogP contribution < -0.4 is 4.74 Å². The van der Waals surface area contributed by atoms with Gasteiger partial charge < -0.3 is 4.74 Å². The lowest BCUT2D eigenvalue weighted by Gasteiger charge is -2.29. The van der Waals surface area contributed by atoms with Gasteiger partial charge in [-0.15, -0.1) is 0 Å². The molecule has 2 aromatic rings. The molecule has 0 spiro atoms. The lowest BCUT2D eigenvalue weighted by molar-refractivity contribution is -0.117. The molecule has 1 atom stereocenters. The smallest absolute Gasteiger partial charge is 0.192 e. The van der Waals surface area contributed by atoms with Crippen LogP contribution in [-0.4, -0.2) is 17.5 Å². The zero-order chi connectivity index (χ0) is 18.3. The lowest BCUT2D eigenvalue weighted by Crippen LogP contribution is -2.26. The molecule has 1 unspecified atom stereocenters. The van der Waals surface area contributed by atoms with Crippen molar-refractivity contribution in [1.82, 2.24) is 0 Å². The van der Waals surface area contributed by atoms with E-state index in [0.717, 1.165) is 23.3 Å². The van der Waals surface area contributed by atoms with Crippen molar-refractivity contribution in [2.24, 2.45) is 11.3 Å². The summed E-state index contributed by atoms with van der Waals surface area (Å²) in [4.78, 5) is 12.4. The van der Waals surface area contributed by atoms with Gasteiger partial charge in [0, 0.05) is 17.2 Å². The second-order valence-electron chi connectivity index (χ2n) is 6.94. The molecule has 2 nitrogen and oxygen atoms in total. The number of benzene rings is 2. The largest absolute Gasteiger partial charge is 0.492 e. The molecule has 0 N–H and O–H groups in total. The van der Waals surface area contributed by atoms with Gasteiger partial charge in [-0.1, -0.05) is 94.4 Å². The van der Waals surface area contributed by atoms with Crippen LogP contribution in [0.3, 0.4) is 0 Å². The van der Waals surface area contributed by atoms with E-state index >= 15 is 0 Å². The summed E-state index contributed by atoms with van der Waals surface area (Å²) in [5, 5.41) is 0.256. The van der Waals surface area contributed by atoms with Crippen LogP contribution in [-0.2, 0) is 4.79 Å². The van der Waals surface area contributed by atoms with Crippen LogP contribution in [0, 0.1) is 11.3 Å². The van der Waals surface area contributed by atoms with Gasteiger partial charge in [0.2, 0.25) is 0 Å². The third-order valence-corrected chi connectivity index (χ3v) is 6.00. The van der Waals surface area contributed by atoms with Crippen molar-refractivity contribution in [3.05, 3.63) is 54.6 Å². The summed E-state index contributed by atoms with van der Waals surface area (Å²) in [5.41, 5.74) is 2.27. The summed E-state index contributed by atoms with van der Waals surface area (Å²) in [6.07, 6.45) is 1.00. The third-order valence-electron chi connectivity index (χ3n) is 4.99. The van der Waals surface area contributed by atoms with Gasteiger partial charge in [0.15, 0.2) is 5.12 Å². The van der Waals surface area contributed by atoms with Crippen molar-refractivity contribution in [1.29, 1.82) is 0 Å². The van der Waals surface area contributed by atoms with Gasteiger partial charge in [-0.05, 0) is 17.0 Å². The van der Waals surface area contributed by atoms with Crippen LogP contribution in [0.5, 0.6) is 5.75 Å². The van der Waals surface area contributed by atoms with E-state index in [2.05, 4.69) is 39.0 Å². The van der Waals surface area contributed by atoms with Gasteiger partial charge in [-0.3, -0.25) is 4.79 Å². The third kappa shape index (κ3) is 5.37. The highest BCUT2D eigenvalue weighted by Crippen LogP contribution is 2.34. The van der Waals surface area contributed by atoms with E-state index in [0.29, 0.717) is 12.4 Å². The van der Waals surface area contributed by atoms with E-state index < -0.39 is 0 Å². The van der Waals surface area contributed by atoms with Gasteiger partial charge in [-0.25, -0.2) is 0 Å². The molecule has 0 saturated heterocycles.